The Morgan fingerprint density at radius 3 is 2.20 bits per heavy atom. The minimum Gasteiger partial charge on any atom is -0.257 e. The van der Waals surface area contributed by atoms with Crippen LogP contribution in [0.1, 0.15) is 23.6 Å². The van der Waals surface area contributed by atoms with E-state index >= 15 is 0 Å². The number of hydrogen-bond acceptors (Lipinski definition) is 2. The Balaban J connectivity index is 1.77. The Bertz CT molecular complexity index is 905. The van der Waals surface area contributed by atoms with Crippen molar-refractivity contribution >= 4 is 34.6 Å². The van der Waals surface area contributed by atoms with Crippen LogP contribution in [-0.2, 0) is 0 Å². The van der Waals surface area contributed by atoms with Gasteiger partial charge in [0.1, 0.15) is 0 Å². The van der Waals surface area contributed by atoms with Crippen LogP contribution in [0.3, 0.4) is 0 Å². The molecule has 4 rings (SSSR count). The second-order valence-corrected chi connectivity index (χ2v) is 6.82. The van der Waals surface area contributed by atoms with Gasteiger partial charge >= 0.3 is 0 Å². The summed E-state index contributed by atoms with van der Waals surface area (Å²) in [6.45, 7) is 0. The molecule has 4 heteroatoms. The van der Waals surface area contributed by atoms with Crippen molar-refractivity contribution < 1.29 is 0 Å². The van der Waals surface area contributed by atoms with Crippen LogP contribution in [0.15, 0.2) is 84.0 Å². The molecule has 1 aliphatic heterocycles. The van der Waals surface area contributed by atoms with Gasteiger partial charge in [0.15, 0.2) is 0 Å². The number of benzene rings is 3. The molecule has 0 aromatic heterocycles. The molecule has 1 heterocycles. The van der Waals surface area contributed by atoms with Gasteiger partial charge in [0, 0.05) is 22.0 Å². The number of rotatable bonds is 3. The lowest BCUT2D eigenvalue weighted by molar-refractivity contribution is 0.709. The van der Waals surface area contributed by atoms with Gasteiger partial charge in [-0.25, -0.2) is 0 Å². The molecule has 0 bridgehead atoms. The van der Waals surface area contributed by atoms with Gasteiger partial charge in [-0.3, -0.25) is 5.01 Å². The maximum absolute atomic E-state index is 6.40. The van der Waals surface area contributed by atoms with Gasteiger partial charge in [-0.05, 0) is 35.9 Å². The second kappa shape index (κ2) is 6.91. The van der Waals surface area contributed by atoms with Crippen molar-refractivity contribution in [1.82, 2.24) is 0 Å². The van der Waals surface area contributed by atoms with E-state index in [-0.39, 0.29) is 6.04 Å². The fourth-order valence-corrected chi connectivity index (χ4v) is 3.50. The molecule has 0 spiro atoms. The summed E-state index contributed by atoms with van der Waals surface area (Å²) < 4.78 is 0. The van der Waals surface area contributed by atoms with Crippen LogP contribution < -0.4 is 5.01 Å². The normalized spacial score (nSPS) is 16.8. The Hall–Kier alpha value is -2.29. The third-order valence-corrected chi connectivity index (χ3v) is 4.95. The lowest BCUT2D eigenvalue weighted by Gasteiger charge is -2.24. The molecule has 124 valence electrons. The van der Waals surface area contributed by atoms with Crippen LogP contribution in [0.25, 0.3) is 0 Å². The molecule has 0 saturated carbocycles. The van der Waals surface area contributed by atoms with Crippen LogP contribution in [0, 0.1) is 0 Å². The van der Waals surface area contributed by atoms with Gasteiger partial charge in [0.05, 0.1) is 17.4 Å². The van der Waals surface area contributed by atoms with Crippen molar-refractivity contribution in [2.45, 2.75) is 12.5 Å². The Morgan fingerprint density at radius 1 is 0.800 bits per heavy atom. The smallest absolute Gasteiger partial charge is 0.0831 e. The van der Waals surface area contributed by atoms with E-state index in [1.165, 1.54) is 5.56 Å². The molecule has 0 aliphatic carbocycles. The van der Waals surface area contributed by atoms with E-state index in [9.17, 15) is 0 Å². The molecule has 2 nitrogen and oxygen atoms in total. The summed E-state index contributed by atoms with van der Waals surface area (Å²) in [5.41, 5.74) is 4.22. The highest BCUT2D eigenvalue weighted by molar-refractivity contribution is 6.34. The Kier molecular flexibility index (Phi) is 4.48. The zero-order valence-corrected chi connectivity index (χ0v) is 15.0. The first kappa shape index (κ1) is 16.2. The molecule has 25 heavy (non-hydrogen) atoms. The monoisotopic (exact) mass is 366 g/mol. The predicted octanol–water partition coefficient (Wildman–Crippen LogP) is 6.35. The lowest BCUT2D eigenvalue weighted by Crippen LogP contribution is -2.18. The highest BCUT2D eigenvalue weighted by Crippen LogP contribution is 2.37. The molecule has 0 fully saturated rings. The summed E-state index contributed by atoms with van der Waals surface area (Å²) in [4.78, 5) is 0. The van der Waals surface area contributed by atoms with Crippen LogP contribution in [0.5, 0.6) is 0 Å². The quantitative estimate of drug-likeness (QED) is 0.527. The van der Waals surface area contributed by atoms with Gasteiger partial charge in [0.2, 0.25) is 0 Å². The minimum absolute atomic E-state index is 0.117. The zero-order chi connectivity index (χ0) is 17.2. The Morgan fingerprint density at radius 2 is 1.48 bits per heavy atom. The average Bonchev–Trinajstić information content (AvgIpc) is 3.08. The van der Waals surface area contributed by atoms with Crippen LogP contribution in [0.4, 0.5) is 5.69 Å². The maximum atomic E-state index is 6.40. The van der Waals surface area contributed by atoms with E-state index in [2.05, 4.69) is 29.3 Å². The maximum Gasteiger partial charge on any atom is 0.0831 e. The number of hydrogen-bond donors (Lipinski definition) is 0. The van der Waals surface area contributed by atoms with E-state index in [0.29, 0.717) is 0 Å². The van der Waals surface area contributed by atoms with E-state index in [1.807, 2.05) is 54.6 Å². The van der Waals surface area contributed by atoms with Crippen molar-refractivity contribution in [1.29, 1.82) is 0 Å². The molecule has 1 aliphatic rings. The van der Waals surface area contributed by atoms with Gasteiger partial charge < -0.3 is 0 Å². The van der Waals surface area contributed by atoms with E-state index < -0.39 is 0 Å². The molecular formula is C21H16Cl2N2. The molecule has 1 atom stereocenters. The SMILES string of the molecule is Clc1ccc(C2CC(c3ccccc3Cl)=NN2c2ccccc2)cc1. The summed E-state index contributed by atoms with van der Waals surface area (Å²) in [5.74, 6) is 0. The second-order valence-electron chi connectivity index (χ2n) is 5.98. The highest BCUT2D eigenvalue weighted by atomic mass is 35.5. The van der Waals surface area contributed by atoms with Crippen molar-refractivity contribution in [2.75, 3.05) is 5.01 Å². The van der Waals surface area contributed by atoms with Gasteiger partial charge in [0.25, 0.3) is 0 Å². The van der Waals surface area contributed by atoms with E-state index in [0.717, 1.165) is 33.4 Å². The first-order valence-electron chi connectivity index (χ1n) is 8.14. The van der Waals surface area contributed by atoms with Crippen molar-refractivity contribution in [3.8, 4) is 0 Å². The highest BCUT2D eigenvalue weighted by Gasteiger charge is 2.30. The van der Waals surface area contributed by atoms with Crippen LogP contribution in [-0.4, -0.2) is 5.71 Å². The number of para-hydroxylation sites is 1. The molecule has 0 N–H and O–H groups in total. The van der Waals surface area contributed by atoms with E-state index in [1.54, 1.807) is 0 Å². The van der Waals surface area contributed by atoms with Crippen LogP contribution in [0.2, 0.25) is 10.0 Å². The summed E-state index contributed by atoms with van der Waals surface area (Å²) in [6, 6.07) is 26.2. The Labute approximate surface area is 157 Å². The summed E-state index contributed by atoms with van der Waals surface area (Å²) in [5, 5.41) is 8.44. The standard InChI is InChI=1S/C21H16Cl2N2/c22-16-12-10-15(11-13-16)21-14-20(18-8-4-5-9-19(18)23)24-25(21)17-6-2-1-3-7-17/h1-13,21H,14H2. The molecule has 1 unspecified atom stereocenters. The van der Waals surface area contributed by atoms with Crippen molar-refractivity contribution in [3.05, 3.63) is 100 Å². The number of anilines is 1. The average molecular weight is 367 g/mol. The van der Waals surface area contributed by atoms with Crippen molar-refractivity contribution in [2.24, 2.45) is 5.10 Å². The summed E-state index contributed by atoms with van der Waals surface area (Å²) in [6.07, 6.45) is 0.792. The summed E-state index contributed by atoms with van der Waals surface area (Å²) >= 11 is 12.5. The predicted molar refractivity (Wildman–Crippen MR) is 106 cm³/mol. The molecule has 3 aromatic rings. The first-order chi connectivity index (χ1) is 12.2. The lowest BCUT2D eigenvalue weighted by atomic mass is 9.98. The fourth-order valence-electron chi connectivity index (χ4n) is 3.13. The number of nitrogens with zero attached hydrogens (tertiary/aromatic N) is 2. The van der Waals surface area contributed by atoms with Crippen LogP contribution >= 0.6 is 23.2 Å². The van der Waals surface area contributed by atoms with Gasteiger partial charge in [-0.1, -0.05) is 71.7 Å². The minimum atomic E-state index is 0.117. The third-order valence-electron chi connectivity index (χ3n) is 4.37. The topological polar surface area (TPSA) is 15.6 Å². The molecular weight excluding hydrogens is 351 g/mol. The van der Waals surface area contributed by atoms with Crippen molar-refractivity contribution in [3.63, 3.8) is 0 Å². The molecule has 0 amide bonds. The van der Waals surface area contributed by atoms with E-state index in [4.69, 9.17) is 28.3 Å². The number of halogens is 2. The fraction of sp³-hybridized carbons (Fsp3) is 0.0952. The summed E-state index contributed by atoms with van der Waals surface area (Å²) in [7, 11) is 0. The largest absolute Gasteiger partial charge is 0.257 e. The molecule has 0 saturated heterocycles. The molecule has 3 aromatic carbocycles. The molecule has 0 radical (unpaired) electrons. The van der Waals surface area contributed by atoms with Gasteiger partial charge in [-0.2, -0.15) is 5.10 Å². The third kappa shape index (κ3) is 3.28. The first-order valence-corrected chi connectivity index (χ1v) is 8.90. The zero-order valence-electron chi connectivity index (χ0n) is 13.4. The number of hydrazone groups is 1. The van der Waals surface area contributed by atoms with Gasteiger partial charge in [-0.15, -0.1) is 0 Å².